The summed E-state index contributed by atoms with van der Waals surface area (Å²) < 4.78 is 5.40. The molecule has 0 aliphatic carbocycles. The zero-order chi connectivity index (χ0) is 9.99. The molecule has 1 unspecified atom stereocenters. The molecule has 0 radical (unpaired) electrons. The summed E-state index contributed by atoms with van der Waals surface area (Å²) >= 11 is 0. The molecule has 0 saturated carbocycles. The van der Waals surface area contributed by atoms with E-state index in [1.165, 1.54) is 0 Å². The van der Waals surface area contributed by atoms with Crippen molar-refractivity contribution in [3.63, 3.8) is 0 Å². The smallest absolute Gasteiger partial charge is 0.195 e. The maximum absolute atomic E-state index is 9.12. The van der Waals surface area contributed by atoms with E-state index in [9.17, 15) is 0 Å². The van der Waals surface area contributed by atoms with Crippen LogP contribution >= 0.6 is 0 Å². The monoisotopic (exact) mass is 192 g/mol. The molecule has 0 spiro atoms. The van der Waals surface area contributed by atoms with E-state index in [0.717, 1.165) is 0 Å². The lowest BCUT2D eigenvalue weighted by Crippen LogP contribution is -2.44. The van der Waals surface area contributed by atoms with Crippen molar-refractivity contribution in [3.8, 4) is 0 Å². The highest BCUT2D eigenvalue weighted by Crippen LogP contribution is 2.36. The predicted octanol–water partition coefficient (Wildman–Crippen LogP) is 1.32. The van der Waals surface area contributed by atoms with Gasteiger partial charge in [0.2, 0.25) is 0 Å². The lowest BCUT2D eigenvalue weighted by Gasteiger charge is -2.37. The third-order valence-electron chi connectivity index (χ3n) is 2.39. The minimum absolute atomic E-state index is 0.0726. The van der Waals surface area contributed by atoms with Crippen LogP contribution in [0.3, 0.4) is 0 Å². The molecule has 0 heterocycles. The quantitative estimate of drug-likeness (QED) is 0.524. The number of aliphatic hydroxyl groups excluding tert-OH is 2. The van der Waals surface area contributed by atoms with Gasteiger partial charge in [0, 0.05) is 0 Å². The average Bonchev–Trinajstić information content (AvgIpc) is 1.84. The summed E-state index contributed by atoms with van der Waals surface area (Å²) in [6.45, 7) is 10.0. The summed E-state index contributed by atoms with van der Waals surface area (Å²) in [5.41, 5.74) is 0. The Hall–Kier alpha value is 0.0969. The standard InChI is InChI=1S/C8H20O3Si/c1-8(2,3)12(4,5)11-7(10)6-9/h7,9-10H,6H2,1-5H3. The van der Waals surface area contributed by atoms with Crippen molar-refractivity contribution in [2.75, 3.05) is 6.61 Å². The first kappa shape index (κ1) is 12.1. The summed E-state index contributed by atoms with van der Waals surface area (Å²) in [6, 6.07) is 0. The number of hydrogen-bond acceptors (Lipinski definition) is 3. The summed E-state index contributed by atoms with van der Waals surface area (Å²) in [5.74, 6) is 0. The Morgan fingerprint density at radius 1 is 1.33 bits per heavy atom. The van der Waals surface area contributed by atoms with Gasteiger partial charge in [-0.3, -0.25) is 0 Å². The second-order valence-corrected chi connectivity index (χ2v) is 9.27. The highest BCUT2D eigenvalue weighted by atomic mass is 28.4. The molecule has 0 aliphatic heterocycles. The van der Waals surface area contributed by atoms with Crippen LogP contribution in [-0.4, -0.2) is 31.4 Å². The molecule has 4 heteroatoms. The molecule has 0 amide bonds. The summed E-state index contributed by atoms with van der Waals surface area (Å²) in [5, 5.41) is 17.8. The second kappa shape index (κ2) is 3.87. The van der Waals surface area contributed by atoms with Gasteiger partial charge in [0.1, 0.15) is 0 Å². The predicted molar refractivity (Wildman–Crippen MR) is 51.4 cm³/mol. The lowest BCUT2D eigenvalue weighted by atomic mass is 10.2. The SMILES string of the molecule is CC(C)(C)[Si](C)(C)OC(O)CO. The van der Waals surface area contributed by atoms with Gasteiger partial charge in [-0.15, -0.1) is 0 Å². The zero-order valence-corrected chi connectivity index (χ0v) is 9.59. The molecule has 0 aromatic rings. The van der Waals surface area contributed by atoms with E-state index in [2.05, 4.69) is 20.8 Å². The fourth-order valence-electron chi connectivity index (χ4n) is 0.554. The van der Waals surface area contributed by atoms with Crippen LogP contribution in [0, 0.1) is 0 Å². The Balaban J connectivity index is 4.22. The molecule has 0 aliphatic rings. The largest absolute Gasteiger partial charge is 0.391 e. The van der Waals surface area contributed by atoms with Crippen LogP contribution < -0.4 is 0 Å². The van der Waals surface area contributed by atoms with Crippen LogP contribution in [0.5, 0.6) is 0 Å². The van der Waals surface area contributed by atoms with Gasteiger partial charge in [-0.1, -0.05) is 20.8 Å². The van der Waals surface area contributed by atoms with Crippen LogP contribution in [0.1, 0.15) is 20.8 Å². The van der Waals surface area contributed by atoms with Gasteiger partial charge < -0.3 is 14.6 Å². The van der Waals surface area contributed by atoms with Crippen molar-refractivity contribution in [2.24, 2.45) is 0 Å². The number of rotatable bonds is 3. The molecule has 1 atom stereocenters. The molecular formula is C8H20O3Si. The minimum atomic E-state index is -1.90. The van der Waals surface area contributed by atoms with Gasteiger partial charge in [-0.25, -0.2) is 0 Å². The summed E-state index contributed by atoms with van der Waals surface area (Å²) in [6.07, 6.45) is -1.02. The Labute approximate surface area is 75.5 Å². The topological polar surface area (TPSA) is 49.7 Å². The molecule has 0 fully saturated rings. The normalized spacial score (nSPS) is 16.2. The van der Waals surface area contributed by atoms with Crippen molar-refractivity contribution in [3.05, 3.63) is 0 Å². The Morgan fingerprint density at radius 3 is 2.00 bits per heavy atom. The van der Waals surface area contributed by atoms with Crippen molar-refractivity contribution in [2.45, 2.75) is 45.2 Å². The van der Waals surface area contributed by atoms with Gasteiger partial charge in [-0.05, 0) is 18.1 Å². The molecule has 0 rings (SSSR count). The average molecular weight is 192 g/mol. The van der Waals surface area contributed by atoms with Crippen LogP contribution in [0.4, 0.5) is 0 Å². The first-order valence-corrected chi connectivity index (χ1v) is 7.08. The van der Waals surface area contributed by atoms with Crippen LogP contribution in [0.2, 0.25) is 18.1 Å². The molecule has 0 bridgehead atoms. The lowest BCUT2D eigenvalue weighted by molar-refractivity contribution is -0.0640. The van der Waals surface area contributed by atoms with E-state index >= 15 is 0 Å². The summed E-state index contributed by atoms with van der Waals surface area (Å²) in [4.78, 5) is 0. The minimum Gasteiger partial charge on any atom is -0.391 e. The van der Waals surface area contributed by atoms with E-state index in [-0.39, 0.29) is 11.6 Å². The number of hydrogen-bond donors (Lipinski definition) is 2. The molecule has 0 aromatic carbocycles. The second-order valence-electron chi connectivity index (χ2n) is 4.52. The third-order valence-corrected chi connectivity index (χ3v) is 6.87. The zero-order valence-electron chi connectivity index (χ0n) is 8.59. The van der Waals surface area contributed by atoms with E-state index in [4.69, 9.17) is 14.6 Å². The molecular weight excluding hydrogens is 172 g/mol. The first-order valence-electron chi connectivity index (χ1n) is 4.17. The van der Waals surface area contributed by atoms with E-state index in [0.29, 0.717) is 0 Å². The molecule has 74 valence electrons. The highest BCUT2D eigenvalue weighted by molar-refractivity contribution is 6.74. The Kier molecular flexibility index (Phi) is 3.90. The molecule has 0 saturated heterocycles. The van der Waals surface area contributed by atoms with E-state index in [1.54, 1.807) is 0 Å². The maximum Gasteiger partial charge on any atom is 0.195 e. The van der Waals surface area contributed by atoms with Gasteiger partial charge in [-0.2, -0.15) is 0 Å². The molecule has 3 nitrogen and oxygen atoms in total. The first-order chi connectivity index (χ1) is 5.20. The van der Waals surface area contributed by atoms with Crippen molar-refractivity contribution in [1.82, 2.24) is 0 Å². The van der Waals surface area contributed by atoms with Gasteiger partial charge in [0.15, 0.2) is 14.6 Å². The van der Waals surface area contributed by atoms with Crippen molar-refractivity contribution in [1.29, 1.82) is 0 Å². The van der Waals surface area contributed by atoms with Crippen LogP contribution in [0.15, 0.2) is 0 Å². The summed E-state index contributed by atoms with van der Waals surface area (Å²) in [7, 11) is -1.90. The fourth-order valence-corrected chi connectivity index (χ4v) is 1.66. The Bertz CT molecular complexity index is 140. The number of aliphatic hydroxyl groups is 2. The van der Waals surface area contributed by atoms with E-state index in [1.807, 2.05) is 13.1 Å². The maximum atomic E-state index is 9.12. The van der Waals surface area contributed by atoms with Gasteiger partial charge >= 0.3 is 0 Å². The van der Waals surface area contributed by atoms with Gasteiger partial charge in [0.05, 0.1) is 6.61 Å². The molecule has 12 heavy (non-hydrogen) atoms. The molecule has 2 N–H and O–H groups in total. The highest BCUT2D eigenvalue weighted by Gasteiger charge is 2.38. The van der Waals surface area contributed by atoms with Crippen LogP contribution in [-0.2, 0) is 4.43 Å². The Morgan fingerprint density at radius 2 is 1.75 bits per heavy atom. The van der Waals surface area contributed by atoms with Crippen molar-refractivity contribution >= 4 is 8.32 Å². The van der Waals surface area contributed by atoms with E-state index < -0.39 is 14.6 Å². The molecule has 0 aromatic heterocycles. The van der Waals surface area contributed by atoms with Gasteiger partial charge in [0.25, 0.3) is 0 Å². The van der Waals surface area contributed by atoms with Crippen molar-refractivity contribution < 1.29 is 14.6 Å². The van der Waals surface area contributed by atoms with Crippen LogP contribution in [0.25, 0.3) is 0 Å². The third kappa shape index (κ3) is 3.22. The fraction of sp³-hybridized carbons (Fsp3) is 1.00.